The molecule has 0 amide bonds. The minimum Gasteiger partial charge on any atom is -0.480 e. The third-order valence-electron chi connectivity index (χ3n) is 4.70. The molecule has 0 aliphatic heterocycles. The summed E-state index contributed by atoms with van der Waals surface area (Å²) in [5.41, 5.74) is 6.86. The standard InChI is InChI=1S/C20H22ClF3N2O3S/c21-16-7-5-14(6-8-16)13-1-3-15(4-2-13)17(20(22,23)24)9-11-30(26,29)12-10-18(25)19(27)28/h1-8,17-18,26H,9-12,25H2,(H,27,28)/t17?,18-,30?/m0/s1. The quantitative estimate of drug-likeness (QED) is 0.493. The van der Waals surface area contributed by atoms with Crippen molar-refractivity contribution < 1.29 is 27.3 Å². The van der Waals surface area contributed by atoms with E-state index in [2.05, 4.69) is 0 Å². The van der Waals surface area contributed by atoms with Crippen LogP contribution in [-0.4, -0.2) is 39.0 Å². The van der Waals surface area contributed by atoms with Crippen molar-refractivity contribution in [3.8, 4) is 11.1 Å². The second-order valence-electron chi connectivity index (χ2n) is 6.97. The van der Waals surface area contributed by atoms with E-state index in [1.807, 2.05) is 0 Å². The lowest BCUT2D eigenvalue weighted by atomic mass is 9.94. The van der Waals surface area contributed by atoms with Gasteiger partial charge in [-0.1, -0.05) is 48.0 Å². The molecule has 0 saturated heterocycles. The van der Waals surface area contributed by atoms with Crippen molar-refractivity contribution in [3.05, 3.63) is 59.1 Å². The van der Waals surface area contributed by atoms with Crippen LogP contribution in [0.3, 0.4) is 0 Å². The lowest BCUT2D eigenvalue weighted by Gasteiger charge is -2.22. The predicted molar refractivity (Wildman–Crippen MR) is 111 cm³/mol. The van der Waals surface area contributed by atoms with E-state index >= 15 is 0 Å². The number of carbonyl (C=O) groups is 1. The summed E-state index contributed by atoms with van der Waals surface area (Å²) in [4.78, 5) is 10.7. The Morgan fingerprint density at radius 2 is 1.50 bits per heavy atom. The highest BCUT2D eigenvalue weighted by atomic mass is 35.5. The van der Waals surface area contributed by atoms with Crippen LogP contribution >= 0.6 is 11.6 Å². The van der Waals surface area contributed by atoms with Crippen LogP contribution in [0.4, 0.5) is 13.2 Å². The minimum absolute atomic E-state index is 0.0117. The first-order valence-corrected chi connectivity index (χ1v) is 11.3. The van der Waals surface area contributed by atoms with Gasteiger partial charge in [0.1, 0.15) is 6.04 Å². The predicted octanol–water partition coefficient (Wildman–Crippen LogP) is 4.89. The third-order valence-corrected chi connectivity index (χ3v) is 6.74. The average Bonchev–Trinajstić information content (AvgIpc) is 2.66. The number of halogens is 4. The number of hydrogen-bond donors (Lipinski definition) is 3. The molecule has 0 bridgehead atoms. The molecule has 2 rings (SSSR count). The minimum atomic E-state index is -4.57. The number of carboxylic acid groups (broad SMARTS) is 1. The van der Waals surface area contributed by atoms with E-state index < -0.39 is 46.0 Å². The first kappa shape index (κ1) is 24.2. The smallest absolute Gasteiger partial charge is 0.395 e. The van der Waals surface area contributed by atoms with Gasteiger partial charge in [0.25, 0.3) is 0 Å². The van der Waals surface area contributed by atoms with Gasteiger partial charge >= 0.3 is 12.1 Å². The van der Waals surface area contributed by atoms with Gasteiger partial charge in [0.15, 0.2) is 0 Å². The van der Waals surface area contributed by atoms with Gasteiger partial charge in [0.05, 0.1) is 5.92 Å². The SMILES string of the molecule is N=S(=O)(CCC(c1ccc(-c2ccc(Cl)cc2)cc1)C(F)(F)F)CC[C@H](N)C(=O)O. The van der Waals surface area contributed by atoms with Crippen LogP contribution in [0, 0.1) is 4.78 Å². The Kier molecular flexibility index (Phi) is 7.90. The molecule has 2 aromatic carbocycles. The summed E-state index contributed by atoms with van der Waals surface area (Å²) in [5.74, 6) is -4.04. The highest BCUT2D eigenvalue weighted by molar-refractivity contribution is 7.92. The zero-order valence-corrected chi connectivity index (χ0v) is 17.4. The molecule has 10 heteroatoms. The number of aliphatic carboxylic acids is 1. The van der Waals surface area contributed by atoms with Crippen molar-refractivity contribution in [3.63, 3.8) is 0 Å². The molecule has 30 heavy (non-hydrogen) atoms. The van der Waals surface area contributed by atoms with Gasteiger partial charge < -0.3 is 10.8 Å². The van der Waals surface area contributed by atoms with Gasteiger partial charge in [0, 0.05) is 26.3 Å². The maximum atomic E-state index is 13.6. The fourth-order valence-electron chi connectivity index (χ4n) is 2.92. The molecular formula is C20H22ClF3N2O3S. The maximum Gasteiger partial charge on any atom is 0.395 e. The zero-order chi connectivity index (χ0) is 22.5. The van der Waals surface area contributed by atoms with Gasteiger partial charge in [-0.2, -0.15) is 13.2 Å². The van der Waals surface area contributed by atoms with Crippen molar-refractivity contribution in [2.75, 3.05) is 11.5 Å². The van der Waals surface area contributed by atoms with Crippen LogP contribution in [0.1, 0.15) is 24.3 Å². The molecule has 0 aliphatic carbocycles. The molecule has 0 radical (unpaired) electrons. The van der Waals surface area contributed by atoms with E-state index in [4.69, 9.17) is 27.2 Å². The molecule has 164 valence electrons. The summed E-state index contributed by atoms with van der Waals surface area (Å²) in [5, 5.41) is 9.29. The summed E-state index contributed by atoms with van der Waals surface area (Å²) < 4.78 is 60.9. The molecule has 0 aliphatic rings. The molecule has 2 aromatic rings. The van der Waals surface area contributed by atoms with Crippen molar-refractivity contribution in [2.45, 2.75) is 31.0 Å². The zero-order valence-electron chi connectivity index (χ0n) is 15.9. The van der Waals surface area contributed by atoms with E-state index in [9.17, 15) is 22.2 Å². The molecule has 0 aromatic heterocycles. The Morgan fingerprint density at radius 1 is 1.03 bits per heavy atom. The van der Waals surface area contributed by atoms with E-state index in [1.54, 1.807) is 36.4 Å². The van der Waals surface area contributed by atoms with E-state index in [1.165, 1.54) is 12.1 Å². The van der Waals surface area contributed by atoms with Crippen LogP contribution in [0.5, 0.6) is 0 Å². The highest BCUT2D eigenvalue weighted by Gasteiger charge is 2.40. The Bertz CT molecular complexity index is 962. The molecule has 4 N–H and O–H groups in total. The monoisotopic (exact) mass is 462 g/mol. The lowest BCUT2D eigenvalue weighted by molar-refractivity contribution is -0.150. The van der Waals surface area contributed by atoms with Gasteiger partial charge in [-0.15, -0.1) is 0 Å². The normalized spacial score (nSPS) is 15.9. The summed E-state index contributed by atoms with van der Waals surface area (Å²) in [6.07, 6.45) is -5.34. The largest absolute Gasteiger partial charge is 0.480 e. The molecule has 0 spiro atoms. The van der Waals surface area contributed by atoms with Crippen molar-refractivity contribution in [1.82, 2.24) is 0 Å². The summed E-state index contributed by atoms with van der Waals surface area (Å²) >= 11 is 5.84. The van der Waals surface area contributed by atoms with Crippen LogP contribution in [0.25, 0.3) is 11.1 Å². The van der Waals surface area contributed by atoms with Crippen molar-refractivity contribution in [2.24, 2.45) is 5.73 Å². The molecular weight excluding hydrogens is 441 g/mol. The molecule has 3 atom stereocenters. The third kappa shape index (κ3) is 7.00. The van der Waals surface area contributed by atoms with Crippen LogP contribution in [0.15, 0.2) is 48.5 Å². The number of nitrogens with two attached hydrogens (primary N) is 1. The number of carboxylic acids is 1. The molecule has 5 nitrogen and oxygen atoms in total. The van der Waals surface area contributed by atoms with Gasteiger partial charge in [-0.25, -0.2) is 4.21 Å². The van der Waals surface area contributed by atoms with Gasteiger partial charge in [0.2, 0.25) is 0 Å². The first-order valence-electron chi connectivity index (χ1n) is 9.04. The Hall–Kier alpha value is -2.10. The molecule has 0 heterocycles. The van der Waals surface area contributed by atoms with Crippen molar-refractivity contribution in [1.29, 1.82) is 4.78 Å². The Morgan fingerprint density at radius 3 is 1.97 bits per heavy atom. The second kappa shape index (κ2) is 9.80. The Labute approximate surface area is 178 Å². The topological polar surface area (TPSA) is 104 Å². The summed E-state index contributed by atoms with van der Waals surface area (Å²) in [6, 6.07) is 11.5. The summed E-state index contributed by atoms with van der Waals surface area (Å²) in [6.45, 7) is 0. The van der Waals surface area contributed by atoms with E-state index in [0.717, 1.165) is 11.1 Å². The van der Waals surface area contributed by atoms with Crippen LogP contribution in [0.2, 0.25) is 5.02 Å². The van der Waals surface area contributed by atoms with Gasteiger partial charge in [-0.3, -0.25) is 9.57 Å². The van der Waals surface area contributed by atoms with Crippen LogP contribution < -0.4 is 5.73 Å². The van der Waals surface area contributed by atoms with E-state index in [0.29, 0.717) is 5.02 Å². The lowest BCUT2D eigenvalue weighted by Crippen LogP contribution is -2.32. The molecule has 0 saturated carbocycles. The number of benzene rings is 2. The molecule has 0 fully saturated rings. The average molecular weight is 463 g/mol. The van der Waals surface area contributed by atoms with Gasteiger partial charge in [-0.05, 0) is 41.7 Å². The fraction of sp³-hybridized carbons (Fsp3) is 0.350. The number of nitrogens with one attached hydrogen (secondary N) is 1. The number of rotatable bonds is 9. The first-order chi connectivity index (χ1) is 13.9. The van der Waals surface area contributed by atoms with E-state index in [-0.39, 0.29) is 17.7 Å². The number of alkyl halides is 3. The number of hydrogen-bond acceptors (Lipinski definition) is 4. The second-order valence-corrected chi connectivity index (χ2v) is 9.84. The Balaban J connectivity index is 2.12. The highest BCUT2D eigenvalue weighted by Crippen LogP contribution is 2.38. The van der Waals surface area contributed by atoms with Crippen molar-refractivity contribution >= 4 is 27.3 Å². The van der Waals surface area contributed by atoms with Crippen LogP contribution in [-0.2, 0) is 14.5 Å². The summed E-state index contributed by atoms with van der Waals surface area (Å²) in [7, 11) is -3.38. The maximum absolute atomic E-state index is 13.6. The molecule has 2 unspecified atom stereocenters. The fourth-order valence-corrected chi connectivity index (χ4v) is 4.50.